The Balaban J connectivity index is 2.51. The molecule has 0 fully saturated rings. The Kier molecular flexibility index (Phi) is 2.03. The van der Waals surface area contributed by atoms with Crippen molar-refractivity contribution in [3.63, 3.8) is 0 Å². The molecule has 0 radical (unpaired) electrons. The molecule has 1 heterocycles. The smallest absolute Gasteiger partial charge is 0.0405 e. The normalized spacial score (nSPS) is 20.7. The van der Waals surface area contributed by atoms with Crippen molar-refractivity contribution < 1.29 is 0 Å². The fraction of sp³-hybridized carbons (Fsp3) is 0.500. The summed E-state index contributed by atoms with van der Waals surface area (Å²) in [6.45, 7) is 7.81. The third-order valence-electron chi connectivity index (χ3n) is 2.94. The van der Waals surface area contributed by atoms with Crippen molar-refractivity contribution >= 4 is 5.69 Å². The lowest BCUT2D eigenvalue weighted by Gasteiger charge is -2.26. The monoisotopic (exact) mass is 175 g/mol. The maximum atomic E-state index is 3.52. The van der Waals surface area contributed by atoms with Gasteiger partial charge in [-0.3, -0.25) is 0 Å². The van der Waals surface area contributed by atoms with Gasteiger partial charge >= 0.3 is 0 Å². The number of hydrogen-bond donors (Lipinski definition) is 1. The van der Waals surface area contributed by atoms with Crippen LogP contribution in [-0.4, -0.2) is 6.54 Å². The van der Waals surface area contributed by atoms with Crippen molar-refractivity contribution in [3.05, 3.63) is 28.8 Å². The van der Waals surface area contributed by atoms with Gasteiger partial charge in [-0.05, 0) is 42.9 Å². The number of fused-ring (bicyclic) bond motifs is 1. The second kappa shape index (κ2) is 3.06. The number of rotatable bonds is 0. The minimum absolute atomic E-state index is 0.771. The van der Waals surface area contributed by atoms with Crippen LogP contribution in [0.25, 0.3) is 0 Å². The van der Waals surface area contributed by atoms with E-state index in [9.17, 15) is 0 Å². The van der Waals surface area contributed by atoms with E-state index in [1.807, 2.05) is 0 Å². The van der Waals surface area contributed by atoms with Gasteiger partial charge in [-0.15, -0.1) is 0 Å². The largest absolute Gasteiger partial charge is 0.384 e. The molecule has 1 heteroatoms. The van der Waals surface area contributed by atoms with E-state index in [0.717, 1.165) is 12.5 Å². The van der Waals surface area contributed by atoms with Gasteiger partial charge in [0, 0.05) is 12.2 Å². The summed E-state index contributed by atoms with van der Waals surface area (Å²) < 4.78 is 0. The van der Waals surface area contributed by atoms with Gasteiger partial charge in [-0.1, -0.05) is 19.1 Å². The molecule has 1 aromatic carbocycles. The van der Waals surface area contributed by atoms with E-state index in [4.69, 9.17) is 0 Å². The standard InChI is InChI=1S/C12H17N/c1-8-6-11-9(2)4-5-10(3)12(11)13-7-8/h4-5,8,13H,6-7H2,1-3H3/t8-/m0/s1. The quantitative estimate of drug-likeness (QED) is 0.639. The Morgan fingerprint density at radius 1 is 1.23 bits per heavy atom. The van der Waals surface area contributed by atoms with Gasteiger partial charge in [0.05, 0.1) is 0 Å². The van der Waals surface area contributed by atoms with Gasteiger partial charge in [0.15, 0.2) is 0 Å². The van der Waals surface area contributed by atoms with E-state index < -0.39 is 0 Å². The molecule has 1 aliphatic heterocycles. The van der Waals surface area contributed by atoms with Crippen LogP contribution < -0.4 is 5.32 Å². The fourth-order valence-corrected chi connectivity index (χ4v) is 2.08. The average Bonchev–Trinajstić information content (AvgIpc) is 2.12. The Hall–Kier alpha value is -0.980. The van der Waals surface area contributed by atoms with Crippen molar-refractivity contribution in [1.82, 2.24) is 0 Å². The first-order valence-electron chi connectivity index (χ1n) is 5.01. The fourth-order valence-electron chi connectivity index (χ4n) is 2.08. The van der Waals surface area contributed by atoms with E-state index in [2.05, 4.69) is 38.2 Å². The van der Waals surface area contributed by atoms with Crippen molar-refractivity contribution in [2.45, 2.75) is 27.2 Å². The van der Waals surface area contributed by atoms with E-state index in [0.29, 0.717) is 0 Å². The molecular weight excluding hydrogens is 158 g/mol. The highest BCUT2D eigenvalue weighted by molar-refractivity contribution is 5.61. The Labute approximate surface area is 80.2 Å². The minimum Gasteiger partial charge on any atom is -0.384 e. The molecule has 0 aliphatic carbocycles. The van der Waals surface area contributed by atoms with Crippen LogP contribution in [0.15, 0.2) is 12.1 Å². The third-order valence-corrected chi connectivity index (χ3v) is 2.94. The highest BCUT2D eigenvalue weighted by atomic mass is 14.9. The molecule has 0 bridgehead atoms. The summed E-state index contributed by atoms with van der Waals surface area (Å²) in [5.41, 5.74) is 5.73. The zero-order valence-corrected chi connectivity index (χ0v) is 8.65. The van der Waals surface area contributed by atoms with E-state index in [1.165, 1.54) is 28.8 Å². The molecule has 0 amide bonds. The molecule has 1 N–H and O–H groups in total. The molecule has 2 rings (SSSR count). The van der Waals surface area contributed by atoms with Crippen LogP contribution in [0.1, 0.15) is 23.6 Å². The Morgan fingerprint density at radius 3 is 2.69 bits per heavy atom. The van der Waals surface area contributed by atoms with Crippen LogP contribution in [0.4, 0.5) is 5.69 Å². The SMILES string of the molecule is Cc1ccc(C)c2c1C[C@H](C)CN2. The topological polar surface area (TPSA) is 12.0 Å². The first-order valence-corrected chi connectivity index (χ1v) is 5.01. The van der Waals surface area contributed by atoms with Crippen LogP contribution in [0.2, 0.25) is 0 Å². The van der Waals surface area contributed by atoms with Crippen LogP contribution in [0, 0.1) is 19.8 Å². The molecule has 1 nitrogen and oxygen atoms in total. The lowest BCUT2D eigenvalue weighted by molar-refractivity contribution is 0.592. The van der Waals surface area contributed by atoms with Gasteiger partial charge < -0.3 is 5.32 Å². The lowest BCUT2D eigenvalue weighted by Crippen LogP contribution is -2.22. The first-order chi connectivity index (χ1) is 6.18. The Bertz CT molecular complexity index is 328. The van der Waals surface area contributed by atoms with E-state index >= 15 is 0 Å². The van der Waals surface area contributed by atoms with Crippen molar-refractivity contribution in [1.29, 1.82) is 0 Å². The minimum atomic E-state index is 0.771. The summed E-state index contributed by atoms with van der Waals surface area (Å²) in [7, 11) is 0. The molecule has 1 aromatic rings. The second-order valence-corrected chi connectivity index (χ2v) is 4.24. The number of aryl methyl sites for hydroxylation is 2. The first kappa shape index (κ1) is 8.61. The van der Waals surface area contributed by atoms with Gasteiger partial charge in [-0.25, -0.2) is 0 Å². The molecule has 0 saturated carbocycles. The van der Waals surface area contributed by atoms with Crippen LogP contribution in [-0.2, 0) is 6.42 Å². The van der Waals surface area contributed by atoms with Gasteiger partial charge in [-0.2, -0.15) is 0 Å². The number of hydrogen-bond acceptors (Lipinski definition) is 1. The predicted octanol–water partition coefficient (Wildman–Crippen LogP) is 2.91. The van der Waals surface area contributed by atoms with E-state index in [-0.39, 0.29) is 0 Å². The highest BCUT2D eigenvalue weighted by Crippen LogP contribution is 2.30. The number of nitrogens with one attached hydrogen (secondary N) is 1. The van der Waals surface area contributed by atoms with Crippen LogP contribution in [0.3, 0.4) is 0 Å². The molecule has 0 spiro atoms. The molecule has 0 unspecified atom stereocenters. The van der Waals surface area contributed by atoms with Crippen LogP contribution >= 0.6 is 0 Å². The molecule has 1 atom stereocenters. The number of anilines is 1. The van der Waals surface area contributed by atoms with Gasteiger partial charge in [0.2, 0.25) is 0 Å². The van der Waals surface area contributed by atoms with Crippen molar-refractivity contribution in [2.24, 2.45) is 5.92 Å². The molecule has 70 valence electrons. The predicted molar refractivity (Wildman–Crippen MR) is 57.3 cm³/mol. The molecule has 13 heavy (non-hydrogen) atoms. The average molecular weight is 175 g/mol. The Morgan fingerprint density at radius 2 is 1.92 bits per heavy atom. The summed E-state index contributed by atoms with van der Waals surface area (Å²) in [6.07, 6.45) is 1.23. The molecular formula is C12H17N. The summed E-state index contributed by atoms with van der Waals surface area (Å²) in [6, 6.07) is 4.44. The molecule has 0 aromatic heterocycles. The zero-order chi connectivity index (χ0) is 9.42. The second-order valence-electron chi connectivity index (χ2n) is 4.24. The zero-order valence-electron chi connectivity index (χ0n) is 8.65. The van der Waals surface area contributed by atoms with Gasteiger partial charge in [0.1, 0.15) is 0 Å². The van der Waals surface area contributed by atoms with Crippen molar-refractivity contribution in [3.8, 4) is 0 Å². The maximum Gasteiger partial charge on any atom is 0.0405 e. The van der Waals surface area contributed by atoms with Crippen molar-refractivity contribution in [2.75, 3.05) is 11.9 Å². The summed E-state index contributed by atoms with van der Waals surface area (Å²) in [4.78, 5) is 0. The summed E-state index contributed by atoms with van der Waals surface area (Å²) in [5, 5.41) is 3.52. The van der Waals surface area contributed by atoms with E-state index in [1.54, 1.807) is 0 Å². The summed E-state index contributed by atoms with van der Waals surface area (Å²) >= 11 is 0. The molecule has 1 aliphatic rings. The van der Waals surface area contributed by atoms with Gasteiger partial charge in [0.25, 0.3) is 0 Å². The third kappa shape index (κ3) is 1.43. The number of benzene rings is 1. The summed E-state index contributed by atoms with van der Waals surface area (Å²) in [5.74, 6) is 0.771. The lowest BCUT2D eigenvalue weighted by atomic mass is 9.90. The highest BCUT2D eigenvalue weighted by Gasteiger charge is 2.17. The molecule has 0 saturated heterocycles. The van der Waals surface area contributed by atoms with Crippen LogP contribution in [0.5, 0.6) is 0 Å². The maximum absolute atomic E-state index is 3.52.